The summed E-state index contributed by atoms with van der Waals surface area (Å²) in [6.45, 7) is 0.295. The van der Waals surface area contributed by atoms with Crippen LogP contribution in [0.4, 0.5) is 11.4 Å². The molecule has 0 bridgehead atoms. The van der Waals surface area contributed by atoms with Gasteiger partial charge in [0.2, 0.25) is 15.9 Å². The van der Waals surface area contributed by atoms with Crippen LogP contribution in [0.1, 0.15) is 12.0 Å². The highest BCUT2D eigenvalue weighted by atomic mass is 35.5. The first kappa shape index (κ1) is 18.7. The van der Waals surface area contributed by atoms with Crippen molar-refractivity contribution in [2.24, 2.45) is 0 Å². The van der Waals surface area contributed by atoms with Crippen LogP contribution in [0.3, 0.4) is 0 Å². The number of nitrogens with zero attached hydrogens (tertiary/aromatic N) is 2. The molecule has 3 rings (SSSR count). The maximum atomic E-state index is 12.8. The molecule has 1 amide bonds. The molecular weight excluding hydrogens is 374 g/mol. The molecule has 0 fully saturated rings. The number of carbonyl (C=O) groups is 1. The van der Waals surface area contributed by atoms with E-state index in [1.165, 1.54) is 31.3 Å². The lowest BCUT2D eigenvalue weighted by Gasteiger charge is -2.31. The third-order valence-electron chi connectivity index (χ3n) is 4.47. The first-order valence-electron chi connectivity index (χ1n) is 8.20. The standard InChI is InChI=1S/C18H20ClN3O3S/c1-21(26(24,25)14-9-7-13(19)8-10-14)12-18(23)22-11-3-4-15-16(20)5-2-6-17(15)22/h2,5-10H,3-4,11-12,20H2,1H3. The molecule has 26 heavy (non-hydrogen) atoms. The molecule has 6 nitrogen and oxygen atoms in total. The summed E-state index contributed by atoms with van der Waals surface area (Å²) >= 11 is 5.81. The zero-order chi connectivity index (χ0) is 18.9. The van der Waals surface area contributed by atoms with Gasteiger partial charge in [0.25, 0.3) is 0 Å². The largest absolute Gasteiger partial charge is 0.398 e. The van der Waals surface area contributed by atoms with E-state index in [-0.39, 0.29) is 17.3 Å². The Labute approximate surface area is 158 Å². The predicted molar refractivity (Wildman–Crippen MR) is 103 cm³/mol. The Kier molecular flexibility index (Phi) is 5.22. The molecule has 1 aliphatic rings. The number of nitrogens with two attached hydrogens (primary N) is 1. The maximum Gasteiger partial charge on any atom is 0.243 e. The van der Waals surface area contributed by atoms with E-state index in [1.807, 2.05) is 12.1 Å². The number of benzene rings is 2. The summed E-state index contributed by atoms with van der Waals surface area (Å²) in [5.74, 6) is -0.281. The molecule has 8 heteroatoms. The molecule has 0 atom stereocenters. The van der Waals surface area contributed by atoms with Crippen LogP contribution in [0.25, 0.3) is 0 Å². The van der Waals surface area contributed by atoms with E-state index in [0.29, 0.717) is 17.3 Å². The molecular formula is C18H20ClN3O3S. The van der Waals surface area contributed by atoms with Crippen molar-refractivity contribution in [2.75, 3.05) is 30.8 Å². The van der Waals surface area contributed by atoms with Crippen molar-refractivity contribution in [1.29, 1.82) is 0 Å². The summed E-state index contributed by atoms with van der Waals surface area (Å²) in [7, 11) is -2.38. The number of hydrogen-bond acceptors (Lipinski definition) is 4. The van der Waals surface area contributed by atoms with Gasteiger partial charge in [-0.15, -0.1) is 0 Å². The second kappa shape index (κ2) is 7.26. The second-order valence-corrected chi connectivity index (χ2v) is 8.69. The Hall–Kier alpha value is -2.09. The van der Waals surface area contributed by atoms with Crippen molar-refractivity contribution in [3.05, 3.63) is 53.1 Å². The number of rotatable bonds is 4. The van der Waals surface area contributed by atoms with E-state index >= 15 is 0 Å². The van der Waals surface area contributed by atoms with E-state index in [0.717, 1.165) is 28.4 Å². The molecule has 0 radical (unpaired) electrons. The van der Waals surface area contributed by atoms with Crippen molar-refractivity contribution in [1.82, 2.24) is 4.31 Å². The third kappa shape index (κ3) is 3.56. The van der Waals surface area contributed by atoms with Gasteiger partial charge in [0.1, 0.15) is 0 Å². The van der Waals surface area contributed by atoms with Gasteiger partial charge in [0, 0.05) is 30.0 Å². The molecule has 2 aromatic carbocycles. The number of anilines is 2. The quantitative estimate of drug-likeness (QED) is 0.809. The predicted octanol–water partition coefficient (Wildman–Crippen LogP) is 2.52. The van der Waals surface area contributed by atoms with E-state index in [1.54, 1.807) is 11.0 Å². The van der Waals surface area contributed by atoms with Gasteiger partial charge < -0.3 is 10.6 Å². The maximum absolute atomic E-state index is 12.8. The van der Waals surface area contributed by atoms with Gasteiger partial charge in [-0.25, -0.2) is 8.42 Å². The third-order valence-corrected chi connectivity index (χ3v) is 6.54. The minimum absolute atomic E-state index is 0.0977. The van der Waals surface area contributed by atoms with Crippen LogP contribution >= 0.6 is 11.6 Å². The summed E-state index contributed by atoms with van der Waals surface area (Å²) in [5.41, 5.74) is 8.36. The Bertz CT molecular complexity index is 929. The van der Waals surface area contributed by atoms with Crippen molar-refractivity contribution < 1.29 is 13.2 Å². The van der Waals surface area contributed by atoms with Crippen molar-refractivity contribution in [2.45, 2.75) is 17.7 Å². The first-order chi connectivity index (χ1) is 12.3. The van der Waals surface area contributed by atoms with Crippen LogP contribution < -0.4 is 10.6 Å². The Balaban J connectivity index is 1.80. The van der Waals surface area contributed by atoms with E-state index < -0.39 is 10.0 Å². The average Bonchev–Trinajstić information content (AvgIpc) is 2.62. The van der Waals surface area contributed by atoms with Gasteiger partial charge >= 0.3 is 0 Å². The van der Waals surface area contributed by atoms with Gasteiger partial charge in [0.05, 0.1) is 11.4 Å². The average molecular weight is 394 g/mol. The first-order valence-corrected chi connectivity index (χ1v) is 10.0. The van der Waals surface area contributed by atoms with E-state index in [2.05, 4.69) is 0 Å². The summed E-state index contributed by atoms with van der Waals surface area (Å²) in [6.07, 6.45) is 1.60. The Morgan fingerprint density at radius 2 is 1.92 bits per heavy atom. The highest BCUT2D eigenvalue weighted by molar-refractivity contribution is 7.89. The van der Waals surface area contributed by atoms with Crippen LogP contribution in [-0.4, -0.2) is 38.8 Å². The van der Waals surface area contributed by atoms with E-state index in [9.17, 15) is 13.2 Å². The topological polar surface area (TPSA) is 83.7 Å². The van der Waals surface area contributed by atoms with Crippen LogP contribution in [0.2, 0.25) is 5.02 Å². The van der Waals surface area contributed by atoms with Gasteiger partial charge in [-0.3, -0.25) is 4.79 Å². The zero-order valence-corrected chi connectivity index (χ0v) is 15.9. The molecule has 0 aliphatic carbocycles. The molecule has 138 valence electrons. The molecule has 0 saturated carbocycles. The number of carbonyl (C=O) groups excluding carboxylic acids is 1. The van der Waals surface area contributed by atoms with Crippen molar-refractivity contribution >= 4 is 38.9 Å². The lowest BCUT2D eigenvalue weighted by Crippen LogP contribution is -2.43. The number of likely N-dealkylation sites (N-methyl/N-ethyl adjacent to an activating group) is 1. The molecule has 0 saturated heterocycles. The fourth-order valence-corrected chi connectivity index (χ4v) is 4.30. The lowest BCUT2D eigenvalue weighted by atomic mass is 10.00. The number of nitrogen functional groups attached to an aromatic ring is 1. The Morgan fingerprint density at radius 1 is 1.23 bits per heavy atom. The summed E-state index contributed by atoms with van der Waals surface area (Å²) in [4.78, 5) is 14.5. The molecule has 2 aromatic rings. The molecule has 0 unspecified atom stereocenters. The van der Waals surface area contributed by atoms with Crippen LogP contribution in [0.5, 0.6) is 0 Å². The smallest absolute Gasteiger partial charge is 0.243 e. The van der Waals surface area contributed by atoms with E-state index in [4.69, 9.17) is 17.3 Å². The van der Waals surface area contributed by atoms with Crippen LogP contribution in [-0.2, 0) is 21.2 Å². The number of fused-ring (bicyclic) bond motifs is 1. The van der Waals surface area contributed by atoms with Gasteiger partial charge in [0.15, 0.2) is 0 Å². The number of halogens is 1. The number of sulfonamides is 1. The number of hydrogen-bond donors (Lipinski definition) is 1. The minimum Gasteiger partial charge on any atom is -0.398 e. The fourth-order valence-electron chi connectivity index (χ4n) is 3.06. The monoisotopic (exact) mass is 393 g/mol. The number of amides is 1. The molecule has 2 N–H and O–H groups in total. The minimum atomic E-state index is -3.77. The summed E-state index contributed by atoms with van der Waals surface area (Å²) in [6, 6.07) is 11.3. The second-order valence-electron chi connectivity index (χ2n) is 6.21. The van der Waals surface area contributed by atoms with Gasteiger partial charge in [-0.2, -0.15) is 4.31 Å². The zero-order valence-electron chi connectivity index (χ0n) is 14.4. The lowest BCUT2D eigenvalue weighted by molar-refractivity contribution is -0.118. The highest BCUT2D eigenvalue weighted by Gasteiger charge is 2.28. The highest BCUT2D eigenvalue weighted by Crippen LogP contribution is 2.31. The molecule has 1 heterocycles. The SMILES string of the molecule is CN(CC(=O)N1CCCc2c(N)cccc21)S(=O)(=O)c1ccc(Cl)cc1. The Morgan fingerprint density at radius 3 is 2.62 bits per heavy atom. The fraction of sp³-hybridized carbons (Fsp3) is 0.278. The van der Waals surface area contributed by atoms with Crippen LogP contribution in [0.15, 0.2) is 47.4 Å². The van der Waals surface area contributed by atoms with Crippen LogP contribution in [0, 0.1) is 0 Å². The van der Waals surface area contributed by atoms with Gasteiger partial charge in [-0.1, -0.05) is 17.7 Å². The van der Waals surface area contributed by atoms with Gasteiger partial charge in [-0.05, 0) is 54.8 Å². The summed E-state index contributed by atoms with van der Waals surface area (Å²) in [5, 5.41) is 0.449. The summed E-state index contributed by atoms with van der Waals surface area (Å²) < 4.78 is 26.4. The molecule has 0 spiro atoms. The molecule has 0 aromatic heterocycles. The molecule has 1 aliphatic heterocycles. The van der Waals surface area contributed by atoms with Crippen molar-refractivity contribution in [3.8, 4) is 0 Å². The van der Waals surface area contributed by atoms with Crippen molar-refractivity contribution in [3.63, 3.8) is 0 Å². The normalized spacial score (nSPS) is 14.3.